The second-order valence-corrected chi connectivity index (χ2v) is 9.91. The van der Waals surface area contributed by atoms with Crippen molar-refractivity contribution in [3.63, 3.8) is 0 Å². The van der Waals surface area contributed by atoms with E-state index in [0.29, 0.717) is 0 Å². The van der Waals surface area contributed by atoms with Crippen LogP contribution in [0.25, 0.3) is 22.8 Å². The molecule has 0 aliphatic carbocycles. The van der Waals surface area contributed by atoms with Crippen LogP contribution in [0.3, 0.4) is 0 Å². The van der Waals surface area contributed by atoms with Gasteiger partial charge in [-0.15, -0.1) is 0 Å². The van der Waals surface area contributed by atoms with E-state index >= 15 is 0 Å². The summed E-state index contributed by atoms with van der Waals surface area (Å²) in [5, 5.41) is 41.9. The number of hydrogen-bond donors (Lipinski definition) is 0. The standard InChI is InChI=1S/2C10H8N2.2C9H8O5.2Cu.4H2O/c2*1-3-7-11-9(5-1)10-6-2-4-8-12-10;2*1-14-7-3-5(8(10)11)2-6(4-7)9(12)13;;;;;;/h2*1-8H;2*2-4H,1H3,(H,10,11)(H,12,13);;;4*1H2/q;;;;2*+2;;;;/p-2. The van der Waals surface area contributed by atoms with E-state index in [2.05, 4.69) is 19.9 Å². The molecular formula is C38H38Cu2N4O14+2. The fraction of sp³-hybridized carbons (Fsp3) is 0.0526. The molecule has 2 radical (unpaired) electrons. The molecule has 0 spiro atoms. The van der Waals surface area contributed by atoms with Gasteiger partial charge in [0.1, 0.15) is 11.5 Å². The summed E-state index contributed by atoms with van der Waals surface area (Å²) in [5.41, 5.74) is 2.62. The maximum atomic E-state index is 10.5. The first-order valence-electron chi connectivity index (χ1n) is 14.9. The van der Waals surface area contributed by atoms with Crippen molar-refractivity contribution in [1.82, 2.24) is 19.9 Å². The zero-order valence-corrected chi connectivity index (χ0v) is 32.2. The van der Waals surface area contributed by atoms with Crippen LogP contribution in [0.2, 0.25) is 0 Å². The Labute approximate surface area is 352 Å². The molecular weight excluding hydrogens is 864 g/mol. The molecule has 0 saturated carbocycles. The second-order valence-electron chi connectivity index (χ2n) is 9.91. The number of carbonyl (C=O) groups excluding carboxylic acids is 4. The first-order chi connectivity index (χ1) is 25.0. The third kappa shape index (κ3) is 19.3. The van der Waals surface area contributed by atoms with Crippen molar-refractivity contribution in [2.24, 2.45) is 0 Å². The van der Waals surface area contributed by atoms with Crippen LogP contribution in [0.5, 0.6) is 11.5 Å². The number of rotatable bonds is 8. The minimum atomic E-state index is -1.47. The Balaban J connectivity index is -0.000000324. The van der Waals surface area contributed by atoms with E-state index in [1.54, 1.807) is 24.8 Å². The van der Waals surface area contributed by atoms with Gasteiger partial charge in [0.15, 0.2) is 0 Å². The van der Waals surface area contributed by atoms with Crippen molar-refractivity contribution in [1.29, 1.82) is 0 Å². The number of ether oxygens (including phenoxy) is 2. The Kier molecular flexibility index (Phi) is 30.7. The normalized spacial score (nSPS) is 8.59. The number of hydrogen-bond acceptors (Lipinski definition) is 14. The predicted octanol–water partition coefficient (Wildman–Crippen LogP) is -2.37. The SMILES string of the molecule is COc1cc(C(=O)[O-])cc(C(=O)[O-])c1.COc1cc(C(=O)[O-])cc(C(=O)[O-])c1.O.O.[Cu+2].[Cu+2].[OH3+].[OH3+].c1ccc(-c2ccccn2)nc1.c1ccc(-c2ccccn2)nc1. The van der Waals surface area contributed by atoms with E-state index < -0.39 is 23.9 Å². The van der Waals surface area contributed by atoms with E-state index in [1.165, 1.54) is 38.5 Å². The number of pyridine rings is 4. The molecule has 0 amide bonds. The van der Waals surface area contributed by atoms with Crippen LogP contribution in [0.1, 0.15) is 41.4 Å². The molecule has 6 aromatic rings. The predicted molar refractivity (Wildman–Crippen MR) is 195 cm³/mol. The third-order valence-corrected chi connectivity index (χ3v) is 6.41. The van der Waals surface area contributed by atoms with Gasteiger partial charge in [0.25, 0.3) is 0 Å². The average molecular weight is 902 g/mol. The van der Waals surface area contributed by atoms with Gasteiger partial charge in [-0.25, -0.2) is 0 Å². The first kappa shape index (κ1) is 58.1. The van der Waals surface area contributed by atoms with Crippen molar-refractivity contribution in [3.05, 3.63) is 156 Å². The van der Waals surface area contributed by atoms with Crippen LogP contribution < -0.4 is 29.9 Å². The molecule has 0 aliphatic heterocycles. The number of carboxylic acids is 4. The number of carbonyl (C=O) groups is 4. The summed E-state index contributed by atoms with van der Waals surface area (Å²) in [7, 11) is 2.60. The van der Waals surface area contributed by atoms with Crippen LogP contribution in [0, 0.1) is 0 Å². The fourth-order valence-corrected chi connectivity index (χ4v) is 3.96. The largest absolute Gasteiger partial charge is 2.00 e. The monoisotopic (exact) mass is 900 g/mol. The van der Waals surface area contributed by atoms with Gasteiger partial charge in [0.05, 0.1) is 60.9 Å². The van der Waals surface area contributed by atoms with Crippen LogP contribution >= 0.6 is 0 Å². The molecule has 18 nitrogen and oxygen atoms in total. The van der Waals surface area contributed by atoms with Gasteiger partial charge in [0.2, 0.25) is 0 Å². The van der Waals surface area contributed by atoms with Crippen molar-refractivity contribution in [2.45, 2.75) is 0 Å². The fourth-order valence-electron chi connectivity index (χ4n) is 3.96. The summed E-state index contributed by atoms with van der Waals surface area (Å²) in [6, 6.07) is 29.8. The summed E-state index contributed by atoms with van der Waals surface area (Å²) >= 11 is 0. The van der Waals surface area contributed by atoms with Crippen molar-refractivity contribution < 1.29 is 105 Å². The Morgan fingerprint density at radius 2 is 0.621 bits per heavy atom. The second kappa shape index (κ2) is 30.6. The van der Waals surface area contributed by atoms with E-state index in [0.717, 1.165) is 34.9 Å². The molecule has 0 unspecified atom stereocenters. The van der Waals surface area contributed by atoms with Gasteiger partial charge in [-0.3, -0.25) is 19.9 Å². The minimum absolute atomic E-state index is 0. The molecule has 0 bridgehead atoms. The molecule has 4 aromatic heterocycles. The molecule has 58 heavy (non-hydrogen) atoms. The number of carboxylic acid groups (broad SMARTS) is 4. The molecule has 4 heterocycles. The van der Waals surface area contributed by atoms with Gasteiger partial charge in [-0.05, 0) is 84.9 Å². The van der Waals surface area contributed by atoms with Gasteiger partial charge in [0, 0.05) is 47.0 Å². The molecule has 314 valence electrons. The molecule has 6 rings (SSSR count). The van der Waals surface area contributed by atoms with Crippen molar-refractivity contribution >= 4 is 23.9 Å². The molecule has 0 saturated heterocycles. The van der Waals surface area contributed by atoms with E-state index in [1.807, 2.05) is 72.8 Å². The average Bonchev–Trinajstić information content (AvgIpc) is 3.19. The number of nitrogens with zero attached hydrogens (tertiary/aromatic N) is 4. The third-order valence-electron chi connectivity index (χ3n) is 6.41. The van der Waals surface area contributed by atoms with Crippen molar-refractivity contribution in [2.75, 3.05) is 14.2 Å². The van der Waals surface area contributed by atoms with Crippen LogP contribution in [-0.2, 0) is 45.1 Å². The maximum Gasteiger partial charge on any atom is 2.00 e. The molecule has 2 aromatic carbocycles. The Hall–Kier alpha value is -6.60. The van der Waals surface area contributed by atoms with Gasteiger partial charge in [-0.2, -0.15) is 0 Å². The van der Waals surface area contributed by atoms with Crippen LogP contribution in [0.4, 0.5) is 0 Å². The zero-order chi connectivity index (χ0) is 37.9. The maximum absolute atomic E-state index is 10.5. The molecule has 10 N–H and O–H groups in total. The Morgan fingerprint density at radius 1 is 0.414 bits per heavy atom. The molecule has 0 fully saturated rings. The molecule has 20 heteroatoms. The Bertz CT molecular complexity index is 1800. The molecule has 0 atom stereocenters. The van der Waals surface area contributed by atoms with Gasteiger partial charge in [-0.1, -0.05) is 24.3 Å². The van der Waals surface area contributed by atoms with Gasteiger partial charge >= 0.3 is 34.1 Å². The number of methoxy groups -OCH3 is 2. The van der Waals surface area contributed by atoms with Crippen LogP contribution in [-0.4, -0.2) is 69.0 Å². The van der Waals surface area contributed by atoms with E-state index in [4.69, 9.17) is 9.47 Å². The van der Waals surface area contributed by atoms with E-state index in [-0.39, 0.29) is 89.8 Å². The van der Waals surface area contributed by atoms with E-state index in [9.17, 15) is 39.6 Å². The number of aromatic nitrogens is 4. The summed E-state index contributed by atoms with van der Waals surface area (Å²) in [4.78, 5) is 58.6. The quantitative estimate of drug-likeness (QED) is 0.114. The molecule has 0 aliphatic rings. The smallest absolute Gasteiger partial charge is 0.545 e. The number of benzene rings is 2. The zero-order valence-electron chi connectivity index (χ0n) is 30.3. The van der Waals surface area contributed by atoms with Gasteiger partial charge < -0.3 is 71.0 Å². The van der Waals surface area contributed by atoms with Crippen molar-refractivity contribution in [3.8, 4) is 34.3 Å². The number of aromatic carboxylic acids is 4. The first-order valence-corrected chi connectivity index (χ1v) is 14.9. The summed E-state index contributed by atoms with van der Waals surface area (Å²) in [5.74, 6) is -5.60. The topological polar surface area (TPSA) is 360 Å². The summed E-state index contributed by atoms with van der Waals surface area (Å²) in [6.45, 7) is 0. The van der Waals surface area contributed by atoms with Crippen LogP contribution in [0.15, 0.2) is 134 Å². The Morgan fingerprint density at radius 3 is 0.759 bits per heavy atom. The minimum Gasteiger partial charge on any atom is -0.545 e. The summed E-state index contributed by atoms with van der Waals surface area (Å²) < 4.78 is 9.43. The summed E-state index contributed by atoms with van der Waals surface area (Å²) in [6.07, 6.45) is 7.07.